The van der Waals surface area contributed by atoms with Gasteiger partial charge >= 0.3 is 0 Å². The van der Waals surface area contributed by atoms with Crippen molar-refractivity contribution in [3.63, 3.8) is 0 Å². The van der Waals surface area contributed by atoms with Crippen LogP contribution < -0.4 is 5.32 Å². The van der Waals surface area contributed by atoms with Crippen LogP contribution in [0.3, 0.4) is 0 Å². The molecule has 1 aromatic rings. The number of hydrogen-bond acceptors (Lipinski definition) is 4. The molecule has 1 aliphatic rings. The van der Waals surface area contributed by atoms with Gasteiger partial charge in [0.2, 0.25) is 0 Å². The van der Waals surface area contributed by atoms with Gasteiger partial charge in [-0.3, -0.25) is 4.90 Å². The zero-order chi connectivity index (χ0) is 14.4. The van der Waals surface area contributed by atoms with Crippen LogP contribution in [0.2, 0.25) is 0 Å². The molecule has 0 saturated carbocycles. The Labute approximate surface area is 119 Å². The average molecular weight is 282 g/mol. The zero-order valence-electron chi connectivity index (χ0n) is 11.9. The largest absolute Gasteiger partial charge is 0.394 e. The number of morpholine rings is 1. The Morgan fingerprint density at radius 2 is 2.40 bits per heavy atom. The van der Waals surface area contributed by atoms with Crippen molar-refractivity contribution < 1.29 is 14.2 Å². The van der Waals surface area contributed by atoms with E-state index in [4.69, 9.17) is 9.84 Å². The molecule has 0 aliphatic carbocycles. The van der Waals surface area contributed by atoms with E-state index in [-0.39, 0.29) is 24.6 Å². The van der Waals surface area contributed by atoms with Gasteiger partial charge in [-0.05, 0) is 31.2 Å². The first kappa shape index (κ1) is 15.4. The second kappa shape index (κ2) is 7.69. The molecule has 5 heteroatoms. The maximum atomic E-state index is 13.3. The first-order valence-corrected chi connectivity index (χ1v) is 7.10. The molecular weight excluding hydrogens is 259 g/mol. The van der Waals surface area contributed by atoms with Crippen LogP contribution in [0.4, 0.5) is 4.39 Å². The quantitative estimate of drug-likeness (QED) is 0.822. The van der Waals surface area contributed by atoms with Crippen molar-refractivity contribution in [2.75, 3.05) is 39.9 Å². The van der Waals surface area contributed by atoms with Crippen molar-refractivity contribution in [3.05, 3.63) is 35.6 Å². The van der Waals surface area contributed by atoms with E-state index in [0.717, 1.165) is 31.6 Å². The van der Waals surface area contributed by atoms with Gasteiger partial charge in [0.25, 0.3) is 0 Å². The first-order valence-electron chi connectivity index (χ1n) is 7.10. The minimum atomic E-state index is -0.200. The fourth-order valence-electron chi connectivity index (χ4n) is 2.61. The summed E-state index contributed by atoms with van der Waals surface area (Å²) in [7, 11) is 1.89. The minimum absolute atomic E-state index is 0.0653. The van der Waals surface area contributed by atoms with Crippen LogP contribution in [0, 0.1) is 5.82 Å². The summed E-state index contributed by atoms with van der Waals surface area (Å²) in [4.78, 5) is 2.29. The molecule has 4 nitrogen and oxygen atoms in total. The standard InChI is InChI=1S/C15H23FN2O2/c1-17-15(12-3-2-4-13(16)9-12)5-6-18-7-8-20-14(10-18)11-19/h2-4,9,14-15,17,19H,5-8,10-11H2,1H3. The highest BCUT2D eigenvalue weighted by molar-refractivity contribution is 5.20. The molecular formula is C15H23FN2O2. The molecule has 2 N–H and O–H groups in total. The van der Waals surface area contributed by atoms with Gasteiger partial charge in [-0.15, -0.1) is 0 Å². The molecule has 2 unspecified atom stereocenters. The summed E-state index contributed by atoms with van der Waals surface area (Å²) < 4.78 is 18.7. The molecule has 1 aromatic carbocycles. The molecule has 0 aromatic heterocycles. The molecule has 2 rings (SSSR count). The van der Waals surface area contributed by atoms with Crippen LogP contribution >= 0.6 is 0 Å². The predicted molar refractivity (Wildman–Crippen MR) is 76.1 cm³/mol. The molecule has 1 aliphatic heterocycles. The van der Waals surface area contributed by atoms with E-state index < -0.39 is 0 Å². The molecule has 2 atom stereocenters. The second-order valence-corrected chi connectivity index (χ2v) is 5.16. The molecule has 0 spiro atoms. The third kappa shape index (κ3) is 4.24. The van der Waals surface area contributed by atoms with E-state index in [1.54, 1.807) is 12.1 Å². The normalized spacial score (nSPS) is 21.9. The van der Waals surface area contributed by atoms with Crippen LogP contribution in [0.1, 0.15) is 18.0 Å². The van der Waals surface area contributed by atoms with Gasteiger partial charge in [-0.25, -0.2) is 4.39 Å². The Kier molecular flexibility index (Phi) is 5.91. The Morgan fingerprint density at radius 3 is 3.10 bits per heavy atom. The number of hydrogen-bond donors (Lipinski definition) is 2. The number of benzene rings is 1. The highest BCUT2D eigenvalue weighted by atomic mass is 19.1. The number of rotatable bonds is 6. The zero-order valence-corrected chi connectivity index (χ0v) is 11.9. The van der Waals surface area contributed by atoms with E-state index in [9.17, 15) is 4.39 Å². The third-order valence-corrected chi connectivity index (χ3v) is 3.76. The highest BCUT2D eigenvalue weighted by Crippen LogP contribution is 2.18. The lowest BCUT2D eigenvalue weighted by molar-refractivity contribution is -0.0533. The molecule has 1 saturated heterocycles. The molecule has 1 fully saturated rings. The van der Waals surface area contributed by atoms with Crippen molar-refractivity contribution >= 4 is 0 Å². The monoisotopic (exact) mass is 282 g/mol. The summed E-state index contributed by atoms with van der Waals surface area (Å²) in [6, 6.07) is 6.87. The van der Waals surface area contributed by atoms with Crippen LogP contribution in [0.5, 0.6) is 0 Å². The maximum absolute atomic E-state index is 13.3. The first-order chi connectivity index (χ1) is 9.72. The summed E-state index contributed by atoms with van der Waals surface area (Å²) >= 11 is 0. The Morgan fingerprint density at radius 1 is 1.55 bits per heavy atom. The summed E-state index contributed by atoms with van der Waals surface area (Å²) in [5, 5.41) is 12.4. The molecule has 0 amide bonds. The Hall–Kier alpha value is -1.01. The predicted octanol–water partition coefficient (Wildman–Crippen LogP) is 1.17. The highest BCUT2D eigenvalue weighted by Gasteiger charge is 2.20. The van der Waals surface area contributed by atoms with E-state index >= 15 is 0 Å². The molecule has 0 bridgehead atoms. The van der Waals surface area contributed by atoms with E-state index in [1.165, 1.54) is 6.07 Å². The molecule has 20 heavy (non-hydrogen) atoms. The lowest BCUT2D eigenvalue weighted by Crippen LogP contribution is -2.44. The van der Waals surface area contributed by atoms with Gasteiger partial charge in [-0.2, -0.15) is 0 Å². The number of aliphatic hydroxyl groups excluding tert-OH is 1. The van der Waals surface area contributed by atoms with Crippen LogP contribution in [-0.4, -0.2) is 56.0 Å². The lowest BCUT2D eigenvalue weighted by Gasteiger charge is -2.33. The van der Waals surface area contributed by atoms with Gasteiger partial charge in [0.15, 0.2) is 0 Å². The van der Waals surface area contributed by atoms with Crippen molar-refractivity contribution in [1.29, 1.82) is 0 Å². The van der Waals surface area contributed by atoms with E-state index in [0.29, 0.717) is 6.61 Å². The van der Waals surface area contributed by atoms with Crippen molar-refractivity contribution in [2.24, 2.45) is 0 Å². The smallest absolute Gasteiger partial charge is 0.123 e. The minimum Gasteiger partial charge on any atom is -0.394 e. The Balaban J connectivity index is 1.87. The van der Waals surface area contributed by atoms with E-state index in [2.05, 4.69) is 10.2 Å². The van der Waals surface area contributed by atoms with Crippen molar-refractivity contribution in [2.45, 2.75) is 18.6 Å². The number of ether oxygens (including phenoxy) is 1. The maximum Gasteiger partial charge on any atom is 0.123 e. The summed E-state index contributed by atoms with van der Waals surface area (Å²) in [6.07, 6.45) is 0.823. The molecule has 0 radical (unpaired) electrons. The number of aliphatic hydroxyl groups is 1. The SMILES string of the molecule is CNC(CCN1CCOC(CO)C1)c1cccc(F)c1. The van der Waals surface area contributed by atoms with Gasteiger partial charge in [-0.1, -0.05) is 12.1 Å². The van der Waals surface area contributed by atoms with Crippen LogP contribution in [0.25, 0.3) is 0 Å². The van der Waals surface area contributed by atoms with Gasteiger partial charge < -0.3 is 15.2 Å². The third-order valence-electron chi connectivity index (χ3n) is 3.76. The summed E-state index contributed by atoms with van der Waals surface area (Å²) in [6.45, 7) is 3.28. The van der Waals surface area contributed by atoms with Crippen LogP contribution in [0.15, 0.2) is 24.3 Å². The van der Waals surface area contributed by atoms with Gasteiger partial charge in [0, 0.05) is 25.7 Å². The summed E-state index contributed by atoms with van der Waals surface area (Å²) in [5.74, 6) is -0.200. The number of nitrogens with one attached hydrogen (secondary N) is 1. The van der Waals surface area contributed by atoms with Crippen molar-refractivity contribution in [3.8, 4) is 0 Å². The van der Waals surface area contributed by atoms with Gasteiger partial charge in [0.1, 0.15) is 5.82 Å². The summed E-state index contributed by atoms with van der Waals surface area (Å²) in [5.41, 5.74) is 0.972. The fourth-order valence-corrected chi connectivity index (χ4v) is 2.61. The van der Waals surface area contributed by atoms with E-state index in [1.807, 2.05) is 13.1 Å². The lowest BCUT2D eigenvalue weighted by atomic mass is 10.0. The topological polar surface area (TPSA) is 44.7 Å². The number of halogens is 1. The van der Waals surface area contributed by atoms with Crippen molar-refractivity contribution in [1.82, 2.24) is 10.2 Å². The molecule has 112 valence electrons. The Bertz CT molecular complexity index is 417. The number of nitrogens with zero attached hydrogens (tertiary/aromatic N) is 1. The average Bonchev–Trinajstić information content (AvgIpc) is 2.48. The van der Waals surface area contributed by atoms with Crippen LogP contribution in [-0.2, 0) is 4.74 Å². The van der Waals surface area contributed by atoms with Gasteiger partial charge in [0.05, 0.1) is 19.3 Å². The second-order valence-electron chi connectivity index (χ2n) is 5.16. The molecule has 1 heterocycles. The fraction of sp³-hybridized carbons (Fsp3) is 0.600.